The summed E-state index contributed by atoms with van der Waals surface area (Å²) in [6.45, 7) is 3.52. The number of rotatable bonds is 4. The highest BCUT2D eigenvalue weighted by Crippen LogP contribution is 2.21. The first-order valence-electron chi connectivity index (χ1n) is 5.93. The van der Waals surface area contributed by atoms with Crippen molar-refractivity contribution in [2.45, 2.75) is 12.8 Å². The van der Waals surface area contributed by atoms with Gasteiger partial charge in [-0.1, -0.05) is 52.3 Å². The lowest BCUT2D eigenvalue weighted by molar-refractivity contribution is 0.304. The molecule has 1 aliphatic heterocycles. The summed E-state index contributed by atoms with van der Waals surface area (Å²) < 4.78 is 0. The van der Waals surface area contributed by atoms with E-state index in [0.29, 0.717) is 0 Å². The zero-order valence-electron chi connectivity index (χ0n) is 9.53. The number of halogens is 1. The lowest BCUT2D eigenvalue weighted by atomic mass is 9.99. The van der Waals surface area contributed by atoms with Crippen LogP contribution in [0.25, 0.3) is 5.57 Å². The molecule has 0 N–H and O–H groups in total. The van der Waals surface area contributed by atoms with Crippen LogP contribution in [0.4, 0.5) is 0 Å². The largest absolute Gasteiger partial charge is 0.299 e. The fourth-order valence-corrected chi connectivity index (χ4v) is 2.36. The van der Waals surface area contributed by atoms with E-state index in [1.165, 1.54) is 37.1 Å². The Kier molecular flexibility index (Phi) is 4.61. The molecule has 1 nitrogen and oxygen atoms in total. The SMILES string of the molecule is BrCCCN1CC=C(c2ccccc2)CC1. The van der Waals surface area contributed by atoms with Crippen LogP contribution in [0, 0.1) is 0 Å². The standard InChI is InChI=1S/C14H18BrN/c15-9-4-10-16-11-7-14(8-12-16)13-5-2-1-3-6-13/h1-3,5-7H,4,8-12H2. The van der Waals surface area contributed by atoms with Gasteiger partial charge >= 0.3 is 0 Å². The van der Waals surface area contributed by atoms with Gasteiger partial charge in [-0.05, 0) is 30.5 Å². The Hall–Kier alpha value is -0.600. The van der Waals surface area contributed by atoms with Gasteiger partial charge in [-0.3, -0.25) is 4.90 Å². The maximum Gasteiger partial charge on any atom is 0.0169 e. The zero-order valence-corrected chi connectivity index (χ0v) is 11.1. The van der Waals surface area contributed by atoms with Crippen molar-refractivity contribution in [1.29, 1.82) is 0 Å². The van der Waals surface area contributed by atoms with E-state index in [-0.39, 0.29) is 0 Å². The van der Waals surface area contributed by atoms with Crippen LogP contribution >= 0.6 is 15.9 Å². The highest BCUT2D eigenvalue weighted by atomic mass is 79.9. The van der Waals surface area contributed by atoms with Crippen molar-refractivity contribution in [3.8, 4) is 0 Å². The highest BCUT2D eigenvalue weighted by Gasteiger charge is 2.11. The van der Waals surface area contributed by atoms with Gasteiger partial charge in [0.05, 0.1) is 0 Å². The van der Waals surface area contributed by atoms with Gasteiger partial charge in [0.1, 0.15) is 0 Å². The summed E-state index contributed by atoms with van der Waals surface area (Å²) in [6, 6.07) is 10.7. The van der Waals surface area contributed by atoms with Crippen LogP contribution in [0.3, 0.4) is 0 Å². The van der Waals surface area contributed by atoms with E-state index in [1.807, 2.05) is 0 Å². The molecule has 1 aromatic rings. The second-order valence-electron chi connectivity index (χ2n) is 4.19. The molecule has 2 rings (SSSR count). The Bertz CT molecular complexity index is 345. The van der Waals surface area contributed by atoms with Crippen LogP contribution in [-0.4, -0.2) is 29.9 Å². The molecule has 0 aromatic heterocycles. The van der Waals surface area contributed by atoms with Crippen LogP contribution in [0.5, 0.6) is 0 Å². The lowest BCUT2D eigenvalue weighted by Gasteiger charge is -2.26. The summed E-state index contributed by atoms with van der Waals surface area (Å²) in [5.74, 6) is 0. The zero-order chi connectivity index (χ0) is 11.2. The molecule has 0 unspecified atom stereocenters. The maximum atomic E-state index is 3.48. The molecule has 0 saturated carbocycles. The van der Waals surface area contributed by atoms with Crippen LogP contribution in [0.15, 0.2) is 36.4 Å². The molecule has 0 atom stereocenters. The van der Waals surface area contributed by atoms with Gasteiger partial charge in [0, 0.05) is 18.4 Å². The number of hydrogen-bond donors (Lipinski definition) is 0. The average Bonchev–Trinajstić information content (AvgIpc) is 2.38. The van der Waals surface area contributed by atoms with E-state index in [1.54, 1.807) is 0 Å². The van der Waals surface area contributed by atoms with Crippen molar-refractivity contribution in [3.63, 3.8) is 0 Å². The molecule has 86 valence electrons. The fraction of sp³-hybridized carbons (Fsp3) is 0.429. The summed E-state index contributed by atoms with van der Waals surface area (Å²) in [5.41, 5.74) is 2.90. The molecule has 0 saturated heterocycles. The van der Waals surface area contributed by atoms with E-state index < -0.39 is 0 Å². The third kappa shape index (κ3) is 3.19. The van der Waals surface area contributed by atoms with Crippen molar-refractivity contribution >= 4 is 21.5 Å². The van der Waals surface area contributed by atoms with E-state index in [2.05, 4.69) is 57.2 Å². The van der Waals surface area contributed by atoms with Crippen molar-refractivity contribution in [2.75, 3.05) is 25.0 Å². The van der Waals surface area contributed by atoms with Gasteiger partial charge in [0.15, 0.2) is 0 Å². The normalized spacial score (nSPS) is 17.2. The first-order valence-corrected chi connectivity index (χ1v) is 7.05. The van der Waals surface area contributed by atoms with Gasteiger partial charge in [-0.15, -0.1) is 0 Å². The third-order valence-corrected chi connectivity index (χ3v) is 3.61. The van der Waals surface area contributed by atoms with E-state index in [4.69, 9.17) is 0 Å². The van der Waals surface area contributed by atoms with Crippen LogP contribution in [0.2, 0.25) is 0 Å². The van der Waals surface area contributed by atoms with E-state index in [0.717, 1.165) is 11.9 Å². The summed E-state index contributed by atoms with van der Waals surface area (Å²) in [5, 5.41) is 1.11. The fourth-order valence-electron chi connectivity index (χ4n) is 2.11. The van der Waals surface area contributed by atoms with Crippen molar-refractivity contribution in [1.82, 2.24) is 4.90 Å². The molecule has 0 fully saturated rings. The predicted molar refractivity (Wildman–Crippen MR) is 73.9 cm³/mol. The summed E-state index contributed by atoms with van der Waals surface area (Å²) in [7, 11) is 0. The van der Waals surface area contributed by atoms with Crippen molar-refractivity contribution in [3.05, 3.63) is 42.0 Å². The topological polar surface area (TPSA) is 3.24 Å². The quantitative estimate of drug-likeness (QED) is 0.762. The van der Waals surface area contributed by atoms with Gasteiger partial charge in [0.2, 0.25) is 0 Å². The van der Waals surface area contributed by atoms with Crippen LogP contribution in [-0.2, 0) is 0 Å². The van der Waals surface area contributed by atoms with Crippen molar-refractivity contribution in [2.24, 2.45) is 0 Å². The molecular formula is C14H18BrN. The Morgan fingerprint density at radius 3 is 2.62 bits per heavy atom. The number of hydrogen-bond acceptors (Lipinski definition) is 1. The molecule has 16 heavy (non-hydrogen) atoms. The molecule has 0 bridgehead atoms. The average molecular weight is 280 g/mol. The Labute approximate surface area is 106 Å². The molecule has 0 spiro atoms. The molecule has 1 heterocycles. The molecular weight excluding hydrogens is 262 g/mol. The smallest absolute Gasteiger partial charge is 0.0169 e. The van der Waals surface area contributed by atoms with Crippen LogP contribution < -0.4 is 0 Å². The van der Waals surface area contributed by atoms with Gasteiger partial charge < -0.3 is 0 Å². The molecule has 1 aliphatic rings. The Morgan fingerprint density at radius 2 is 2.00 bits per heavy atom. The summed E-state index contributed by atoms with van der Waals surface area (Å²) >= 11 is 3.48. The minimum Gasteiger partial charge on any atom is -0.299 e. The summed E-state index contributed by atoms with van der Waals surface area (Å²) in [6.07, 6.45) is 4.81. The number of nitrogens with zero attached hydrogens (tertiary/aromatic N) is 1. The summed E-state index contributed by atoms with van der Waals surface area (Å²) in [4.78, 5) is 2.52. The predicted octanol–water partition coefficient (Wildman–Crippen LogP) is 3.56. The first-order chi connectivity index (χ1) is 7.90. The second-order valence-corrected chi connectivity index (χ2v) is 4.98. The minimum absolute atomic E-state index is 1.11. The Morgan fingerprint density at radius 1 is 1.19 bits per heavy atom. The van der Waals surface area contributed by atoms with Crippen LogP contribution in [0.1, 0.15) is 18.4 Å². The molecule has 0 amide bonds. The Balaban J connectivity index is 1.93. The first kappa shape index (κ1) is 11.9. The maximum absolute atomic E-state index is 3.48. The second kappa shape index (κ2) is 6.21. The lowest BCUT2D eigenvalue weighted by Crippen LogP contribution is -2.29. The molecule has 0 aliphatic carbocycles. The van der Waals surface area contributed by atoms with Gasteiger partial charge in [-0.2, -0.15) is 0 Å². The number of benzene rings is 1. The van der Waals surface area contributed by atoms with E-state index >= 15 is 0 Å². The molecule has 1 aromatic carbocycles. The minimum atomic E-state index is 1.11. The molecule has 2 heteroatoms. The van der Waals surface area contributed by atoms with Gasteiger partial charge in [-0.25, -0.2) is 0 Å². The number of alkyl halides is 1. The highest BCUT2D eigenvalue weighted by molar-refractivity contribution is 9.09. The van der Waals surface area contributed by atoms with Gasteiger partial charge in [0.25, 0.3) is 0 Å². The molecule has 0 radical (unpaired) electrons. The van der Waals surface area contributed by atoms with E-state index in [9.17, 15) is 0 Å². The monoisotopic (exact) mass is 279 g/mol. The third-order valence-electron chi connectivity index (χ3n) is 3.05. The van der Waals surface area contributed by atoms with Crippen molar-refractivity contribution < 1.29 is 0 Å².